The molecule has 15 heteroatoms. The van der Waals surface area contributed by atoms with Gasteiger partial charge in [0.2, 0.25) is 0 Å². The number of H-pyrrole nitrogens is 1. The van der Waals surface area contributed by atoms with Gasteiger partial charge < -0.3 is 24.3 Å². The van der Waals surface area contributed by atoms with Crippen LogP contribution in [0.2, 0.25) is 36.3 Å². The van der Waals surface area contributed by atoms with E-state index in [-0.39, 0.29) is 33.5 Å². The number of ether oxygens (including phenoxy) is 1. The average molecular weight is 600 g/mol. The second-order valence-electron chi connectivity index (χ2n) is 13.4. The lowest BCUT2D eigenvalue weighted by Crippen LogP contribution is -2.59. The van der Waals surface area contributed by atoms with Crippen LogP contribution in [0.15, 0.2) is 28.6 Å². The highest BCUT2D eigenvalue weighted by molar-refractivity contribution is 7.90. The summed E-state index contributed by atoms with van der Waals surface area (Å²) >= 11 is 0. The first-order chi connectivity index (χ1) is 17.6. The third kappa shape index (κ3) is 5.06. The van der Waals surface area contributed by atoms with Crippen LogP contribution in [0.3, 0.4) is 0 Å². The Morgan fingerprint density at radius 3 is 2.26 bits per heavy atom. The Balaban J connectivity index is 1.91. The molecule has 2 aromatic heterocycles. The molecule has 0 aliphatic carbocycles. The molecule has 2 aliphatic rings. The number of imidazole rings is 1. The number of aromatic amines is 1. The largest absolute Gasteiger partial charge is 0.414 e. The standard InChI is InChI=1S/C24H41N5O7SSi2/c1-22(2,3)38(7,8)33-11-16-24(15(25)12-37(31,32)36-24)18(35-39(9,10)23(4,5)6)21(34-16)29-14-28-19-17(29)20(30)27-13-26-19/h12-14,16,18,21H,11,25H2,1-10H3,(H,26,27,30)/t16?,18-,21+,24?/m0/s1. The highest BCUT2D eigenvalue weighted by atomic mass is 32.2. The summed E-state index contributed by atoms with van der Waals surface area (Å²) in [5.41, 5.74) is 4.71. The Hall–Kier alpha value is -1.89. The van der Waals surface area contributed by atoms with Crippen molar-refractivity contribution in [1.82, 2.24) is 19.5 Å². The van der Waals surface area contributed by atoms with E-state index in [9.17, 15) is 13.2 Å². The van der Waals surface area contributed by atoms with Crippen molar-refractivity contribution < 1.29 is 26.2 Å². The van der Waals surface area contributed by atoms with E-state index < -0.39 is 56.3 Å². The minimum absolute atomic E-state index is 0.00957. The number of nitrogens with one attached hydrogen (secondary N) is 1. The summed E-state index contributed by atoms with van der Waals surface area (Å²) in [6.45, 7) is 20.8. The molecule has 4 atom stereocenters. The van der Waals surface area contributed by atoms with Gasteiger partial charge in [-0.3, -0.25) is 9.36 Å². The van der Waals surface area contributed by atoms with Gasteiger partial charge in [0.25, 0.3) is 15.7 Å². The van der Waals surface area contributed by atoms with Gasteiger partial charge in [-0.25, -0.2) is 14.2 Å². The molecule has 0 amide bonds. The molecule has 0 saturated carbocycles. The quantitative estimate of drug-likeness (QED) is 0.372. The van der Waals surface area contributed by atoms with Crippen LogP contribution >= 0.6 is 0 Å². The Morgan fingerprint density at radius 1 is 1.10 bits per heavy atom. The molecule has 2 aromatic rings. The summed E-state index contributed by atoms with van der Waals surface area (Å²) in [4.78, 5) is 23.9. The summed E-state index contributed by atoms with van der Waals surface area (Å²) in [5.74, 6) is 0. The molecule has 1 fully saturated rings. The van der Waals surface area contributed by atoms with Gasteiger partial charge >= 0.3 is 0 Å². The lowest BCUT2D eigenvalue weighted by molar-refractivity contribution is -0.0534. The molecule has 0 aromatic carbocycles. The Labute approximate surface area is 231 Å². The van der Waals surface area contributed by atoms with E-state index in [1.165, 1.54) is 17.2 Å². The number of fused-ring (bicyclic) bond motifs is 1. The van der Waals surface area contributed by atoms with Gasteiger partial charge in [0.05, 0.1) is 24.0 Å². The second kappa shape index (κ2) is 9.32. The highest BCUT2D eigenvalue weighted by Gasteiger charge is 2.67. The van der Waals surface area contributed by atoms with Crippen molar-refractivity contribution in [2.24, 2.45) is 5.73 Å². The van der Waals surface area contributed by atoms with Gasteiger partial charge in [-0.15, -0.1) is 0 Å². The van der Waals surface area contributed by atoms with Crippen LogP contribution in [0.4, 0.5) is 0 Å². The van der Waals surface area contributed by atoms with E-state index >= 15 is 0 Å². The number of hydrogen-bond donors (Lipinski definition) is 2. The van der Waals surface area contributed by atoms with Gasteiger partial charge in [0, 0.05) is 0 Å². The maximum Gasteiger partial charge on any atom is 0.292 e. The number of nitrogens with zero attached hydrogens (tertiary/aromatic N) is 3. The Bertz CT molecular complexity index is 1460. The number of aromatic nitrogens is 4. The van der Waals surface area contributed by atoms with Crippen molar-refractivity contribution in [2.45, 2.75) is 102 Å². The zero-order valence-electron chi connectivity index (χ0n) is 24.4. The summed E-state index contributed by atoms with van der Waals surface area (Å²) in [5, 5.41) is 0.555. The van der Waals surface area contributed by atoms with E-state index in [1.807, 2.05) is 13.1 Å². The van der Waals surface area contributed by atoms with Crippen LogP contribution in [-0.2, 0) is 27.9 Å². The lowest BCUT2D eigenvalue weighted by atomic mass is 9.89. The van der Waals surface area contributed by atoms with E-state index in [0.29, 0.717) is 0 Å². The first-order valence-electron chi connectivity index (χ1n) is 12.9. The predicted octanol–water partition coefficient (Wildman–Crippen LogP) is 3.33. The zero-order valence-corrected chi connectivity index (χ0v) is 27.2. The SMILES string of the molecule is CC(C)(C)[Si](C)(C)OCC1O[C@@H](n2cnc3nc[nH]c(=O)c32)[C@H](O[Si](C)(C)C(C)(C)C)C12OS(=O)(=O)C=C2N. The van der Waals surface area contributed by atoms with Gasteiger partial charge in [-0.05, 0) is 36.3 Å². The molecule has 1 spiro atoms. The van der Waals surface area contributed by atoms with Gasteiger partial charge in [0.15, 0.2) is 39.6 Å². The molecule has 12 nitrogen and oxygen atoms in total. The fourth-order valence-electron chi connectivity index (χ4n) is 4.29. The van der Waals surface area contributed by atoms with Crippen molar-refractivity contribution in [3.05, 3.63) is 34.1 Å². The average Bonchev–Trinajstić information content (AvgIpc) is 3.38. The van der Waals surface area contributed by atoms with Crippen LogP contribution in [-0.4, -0.2) is 69.0 Å². The predicted molar refractivity (Wildman–Crippen MR) is 152 cm³/mol. The monoisotopic (exact) mass is 599 g/mol. The molecular formula is C24H41N5O7SSi2. The van der Waals surface area contributed by atoms with Gasteiger partial charge in [0.1, 0.15) is 18.5 Å². The molecule has 1 saturated heterocycles. The molecule has 0 radical (unpaired) electrons. The maximum atomic E-state index is 12.9. The smallest absolute Gasteiger partial charge is 0.292 e. The van der Waals surface area contributed by atoms with Gasteiger partial charge in [-0.1, -0.05) is 41.5 Å². The van der Waals surface area contributed by atoms with Gasteiger partial charge in [-0.2, -0.15) is 8.42 Å². The van der Waals surface area contributed by atoms with Crippen LogP contribution in [0.5, 0.6) is 0 Å². The third-order valence-corrected chi connectivity index (χ3v) is 18.7. The van der Waals surface area contributed by atoms with Crippen molar-refractivity contribution in [3.63, 3.8) is 0 Å². The van der Waals surface area contributed by atoms with E-state index in [4.69, 9.17) is 23.5 Å². The molecule has 4 rings (SSSR count). The summed E-state index contributed by atoms with van der Waals surface area (Å²) in [7, 11) is -9.05. The molecule has 39 heavy (non-hydrogen) atoms. The van der Waals surface area contributed by atoms with Crippen molar-refractivity contribution >= 4 is 37.9 Å². The third-order valence-electron chi connectivity index (χ3n) is 8.72. The fourth-order valence-corrected chi connectivity index (χ4v) is 7.80. The molecule has 2 unspecified atom stereocenters. The van der Waals surface area contributed by atoms with Crippen molar-refractivity contribution in [1.29, 1.82) is 0 Å². The van der Waals surface area contributed by atoms with Crippen LogP contribution in [0, 0.1) is 0 Å². The zero-order chi connectivity index (χ0) is 29.4. The summed E-state index contributed by atoms with van der Waals surface area (Å²) < 4.78 is 53.1. The minimum Gasteiger partial charge on any atom is -0.414 e. The number of nitrogens with two attached hydrogens (primary N) is 1. The van der Waals surface area contributed by atoms with E-state index in [0.717, 1.165) is 5.41 Å². The molecule has 2 aliphatic heterocycles. The minimum atomic E-state index is -4.15. The number of hydrogen-bond acceptors (Lipinski definition) is 10. The van der Waals surface area contributed by atoms with Crippen molar-refractivity contribution in [3.8, 4) is 0 Å². The van der Waals surface area contributed by atoms with E-state index in [2.05, 4.69) is 69.6 Å². The summed E-state index contributed by atoms with van der Waals surface area (Å²) in [6, 6.07) is 0. The second-order valence-corrected chi connectivity index (χ2v) is 24.3. The van der Waals surface area contributed by atoms with Crippen LogP contribution in [0.1, 0.15) is 47.8 Å². The topological polar surface area (TPSA) is 161 Å². The number of rotatable bonds is 6. The Morgan fingerprint density at radius 2 is 1.72 bits per heavy atom. The molecular weight excluding hydrogens is 559 g/mol. The molecule has 218 valence electrons. The molecule has 4 heterocycles. The summed E-state index contributed by atoms with van der Waals surface area (Å²) in [6.07, 6.45) is -0.313. The van der Waals surface area contributed by atoms with Crippen molar-refractivity contribution in [2.75, 3.05) is 6.61 Å². The lowest BCUT2D eigenvalue weighted by Gasteiger charge is -2.43. The van der Waals surface area contributed by atoms with Crippen LogP contribution in [0.25, 0.3) is 11.2 Å². The van der Waals surface area contributed by atoms with Crippen LogP contribution < -0.4 is 11.3 Å². The Kier molecular flexibility index (Phi) is 7.19. The highest BCUT2D eigenvalue weighted by Crippen LogP contribution is 2.52. The maximum absolute atomic E-state index is 12.9. The first-order valence-corrected chi connectivity index (χ1v) is 20.2. The van der Waals surface area contributed by atoms with E-state index in [1.54, 1.807) is 0 Å². The first kappa shape index (κ1) is 30.1. The normalized spacial score (nSPS) is 27.9. The molecule has 3 N–H and O–H groups in total. The fraction of sp³-hybridized carbons (Fsp3) is 0.708. The molecule has 0 bridgehead atoms.